The SMILES string of the molecule is N#CC(=Cc1ccc(-c2ccc(Cl)c(Cl)c2)o1)c1ccc(C(=O)O)cc1. The van der Waals surface area contributed by atoms with E-state index < -0.39 is 5.97 Å². The molecule has 0 aliphatic heterocycles. The first-order chi connectivity index (χ1) is 12.5. The smallest absolute Gasteiger partial charge is 0.335 e. The molecule has 0 aliphatic carbocycles. The summed E-state index contributed by atoms with van der Waals surface area (Å²) in [7, 11) is 0. The highest BCUT2D eigenvalue weighted by Gasteiger charge is 2.09. The molecule has 0 radical (unpaired) electrons. The van der Waals surface area contributed by atoms with Gasteiger partial charge in [-0.2, -0.15) is 5.26 Å². The number of halogens is 2. The Morgan fingerprint density at radius 1 is 1.00 bits per heavy atom. The lowest BCUT2D eigenvalue weighted by Gasteiger charge is -2.01. The van der Waals surface area contributed by atoms with E-state index in [9.17, 15) is 10.1 Å². The average Bonchev–Trinajstić information content (AvgIpc) is 3.10. The number of rotatable bonds is 4. The van der Waals surface area contributed by atoms with E-state index in [-0.39, 0.29) is 5.56 Å². The Labute approximate surface area is 159 Å². The van der Waals surface area contributed by atoms with Gasteiger partial charge in [-0.15, -0.1) is 0 Å². The lowest BCUT2D eigenvalue weighted by atomic mass is 10.0. The molecule has 0 fully saturated rings. The van der Waals surface area contributed by atoms with Crippen LogP contribution in [0.4, 0.5) is 0 Å². The summed E-state index contributed by atoms with van der Waals surface area (Å²) in [6.45, 7) is 0. The van der Waals surface area contributed by atoms with Crippen LogP contribution >= 0.6 is 23.2 Å². The molecule has 0 spiro atoms. The van der Waals surface area contributed by atoms with Gasteiger partial charge in [0.05, 0.1) is 27.3 Å². The van der Waals surface area contributed by atoms with Crippen molar-refractivity contribution in [2.24, 2.45) is 0 Å². The van der Waals surface area contributed by atoms with Crippen LogP contribution in [0.25, 0.3) is 23.0 Å². The van der Waals surface area contributed by atoms with E-state index in [0.29, 0.717) is 32.7 Å². The summed E-state index contributed by atoms with van der Waals surface area (Å²) >= 11 is 11.9. The van der Waals surface area contributed by atoms with Crippen molar-refractivity contribution in [3.63, 3.8) is 0 Å². The van der Waals surface area contributed by atoms with Gasteiger partial charge in [-0.25, -0.2) is 4.79 Å². The van der Waals surface area contributed by atoms with Crippen LogP contribution in [-0.4, -0.2) is 11.1 Å². The Hall–Kier alpha value is -3.00. The van der Waals surface area contributed by atoms with Crippen molar-refractivity contribution in [3.05, 3.63) is 81.5 Å². The summed E-state index contributed by atoms with van der Waals surface area (Å²) in [6, 6.07) is 16.8. The van der Waals surface area contributed by atoms with Crippen LogP contribution in [0.5, 0.6) is 0 Å². The zero-order valence-corrected chi connectivity index (χ0v) is 14.8. The third-order valence-corrected chi connectivity index (χ3v) is 4.42. The normalized spacial score (nSPS) is 11.2. The van der Waals surface area contributed by atoms with Gasteiger partial charge >= 0.3 is 5.97 Å². The Balaban J connectivity index is 1.91. The molecule has 0 aliphatic rings. The fourth-order valence-electron chi connectivity index (χ4n) is 2.35. The van der Waals surface area contributed by atoms with E-state index in [1.807, 2.05) is 0 Å². The predicted molar refractivity (Wildman–Crippen MR) is 101 cm³/mol. The number of carbonyl (C=O) groups is 1. The van der Waals surface area contributed by atoms with E-state index in [1.54, 1.807) is 48.5 Å². The van der Waals surface area contributed by atoms with Crippen molar-refractivity contribution >= 4 is 40.8 Å². The third-order valence-electron chi connectivity index (χ3n) is 3.68. The molecule has 1 aromatic heterocycles. The molecule has 1 heterocycles. The summed E-state index contributed by atoms with van der Waals surface area (Å²) in [4.78, 5) is 10.9. The molecule has 0 atom stereocenters. The van der Waals surface area contributed by atoms with Gasteiger partial charge in [0, 0.05) is 5.56 Å². The maximum atomic E-state index is 10.9. The quantitative estimate of drug-likeness (QED) is 0.559. The standard InChI is InChI=1S/C20H11Cl2NO3/c21-17-7-5-14(10-18(17)22)19-8-6-16(26-19)9-15(11-23)12-1-3-13(4-2-12)20(24)25/h1-10H,(H,24,25). The number of nitrogens with zero attached hydrogens (tertiary/aromatic N) is 1. The van der Waals surface area contributed by atoms with Gasteiger partial charge < -0.3 is 9.52 Å². The highest BCUT2D eigenvalue weighted by molar-refractivity contribution is 6.42. The van der Waals surface area contributed by atoms with Gasteiger partial charge in [0.25, 0.3) is 0 Å². The van der Waals surface area contributed by atoms with E-state index in [4.69, 9.17) is 32.7 Å². The number of aromatic carboxylic acids is 1. The molecule has 128 valence electrons. The summed E-state index contributed by atoms with van der Waals surface area (Å²) in [5.74, 6) is 0.0644. The predicted octanol–water partition coefficient (Wildman–Crippen LogP) is 6.02. The van der Waals surface area contributed by atoms with Gasteiger partial charge in [0.15, 0.2) is 0 Å². The number of allylic oxidation sites excluding steroid dienone is 1. The summed E-state index contributed by atoms with van der Waals surface area (Å²) in [6.07, 6.45) is 1.59. The Kier molecular flexibility index (Phi) is 5.13. The fraction of sp³-hybridized carbons (Fsp3) is 0. The minimum atomic E-state index is -1.02. The molecular weight excluding hydrogens is 373 g/mol. The van der Waals surface area contributed by atoms with Crippen LogP contribution in [0.15, 0.2) is 59.0 Å². The largest absolute Gasteiger partial charge is 0.478 e. The van der Waals surface area contributed by atoms with Crippen molar-refractivity contribution < 1.29 is 14.3 Å². The van der Waals surface area contributed by atoms with Crippen LogP contribution in [0.3, 0.4) is 0 Å². The molecule has 0 saturated heterocycles. The molecule has 3 aromatic rings. The monoisotopic (exact) mass is 383 g/mol. The molecule has 26 heavy (non-hydrogen) atoms. The van der Waals surface area contributed by atoms with Gasteiger partial charge in [-0.1, -0.05) is 35.3 Å². The van der Waals surface area contributed by atoms with Crippen LogP contribution < -0.4 is 0 Å². The fourth-order valence-corrected chi connectivity index (χ4v) is 2.65. The molecular formula is C20H11Cl2NO3. The summed E-state index contributed by atoms with van der Waals surface area (Å²) < 4.78 is 5.76. The molecule has 6 heteroatoms. The maximum absolute atomic E-state index is 10.9. The maximum Gasteiger partial charge on any atom is 0.335 e. The number of furan rings is 1. The molecule has 3 rings (SSSR count). The van der Waals surface area contributed by atoms with Gasteiger partial charge in [0.2, 0.25) is 0 Å². The molecule has 4 nitrogen and oxygen atoms in total. The van der Waals surface area contributed by atoms with Crippen molar-refractivity contribution in [2.45, 2.75) is 0 Å². The second-order valence-corrected chi connectivity index (χ2v) is 6.20. The van der Waals surface area contributed by atoms with Crippen LogP contribution in [0.2, 0.25) is 10.0 Å². The number of carboxylic acids is 1. The zero-order valence-electron chi connectivity index (χ0n) is 13.2. The number of benzene rings is 2. The van der Waals surface area contributed by atoms with E-state index in [1.165, 1.54) is 12.1 Å². The highest BCUT2D eigenvalue weighted by atomic mass is 35.5. The number of carboxylic acid groups (broad SMARTS) is 1. The van der Waals surface area contributed by atoms with Crippen LogP contribution in [-0.2, 0) is 0 Å². The van der Waals surface area contributed by atoms with Gasteiger partial charge in [-0.05, 0) is 54.1 Å². The molecule has 2 aromatic carbocycles. The first-order valence-electron chi connectivity index (χ1n) is 7.48. The van der Waals surface area contributed by atoms with Crippen LogP contribution in [0.1, 0.15) is 21.7 Å². The Morgan fingerprint density at radius 2 is 1.69 bits per heavy atom. The summed E-state index contributed by atoms with van der Waals surface area (Å²) in [5.41, 5.74) is 1.89. The third kappa shape index (κ3) is 3.80. The molecule has 0 saturated carbocycles. The number of nitriles is 1. The Morgan fingerprint density at radius 3 is 2.31 bits per heavy atom. The lowest BCUT2D eigenvalue weighted by molar-refractivity contribution is 0.0697. The van der Waals surface area contributed by atoms with E-state index in [2.05, 4.69) is 6.07 Å². The van der Waals surface area contributed by atoms with E-state index >= 15 is 0 Å². The van der Waals surface area contributed by atoms with Gasteiger partial charge in [0.1, 0.15) is 11.5 Å². The second kappa shape index (κ2) is 7.49. The van der Waals surface area contributed by atoms with Crippen molar-refractivity contribution in [1.29, 1.82) is 5.26 Å². The van der Waals surface area contributed by atoms with Gasteiger partial charge in [-0.3, -0.25) is 0 Å². The molecule has 0 amide bonds. The molecule has 0 unspecified atom stereocenters. The zero-order chi connectivity index (χ0) is 18.7. The van der Waals surface area contributed by atoms with Crippen molar-refractivity contribution in [3.8, 4) is 17.4 Å². The topological polar surface area (TPSA) is 74.2 Å². The minimum Gasteiger partial charge on any atom is -0.478 e. The van der Waals surface area contributed by atoms with E-state index in [0.717, 1.165) is 5.56 Å². The first kappa shape index (κ1) is 17.8. The van der Waals surface area contributed by atoms with Crippen molar-refractivity contribution in [2.75, 3.05) is 0 Å². The highest BCUT2D eigenvalue weighted by Crippen LogP contribution is 2.30. The average molecular weight is 384 g/mol. The molecule has 0 bridgehead atoms. The lowest BCUT2D eigenvalue weighted by Crippen LogP contribution is -1.95. The second-order valence-electron chi connectivity index (χ2n) is 5.38. The van der Waals surface area contributed by atoms with Crippen LogP contribution in [0, 0.1) is 11.3 Å². The summed E-state index contributed by atoms with van der Waals surface area (Å²) in [5, 5.41) is 19.2. The van der Waals surface area contributed by atoms with Crippen molar-refractivity contribution in [1.82, 2.24) is 0 Å². The first-order valence-corrected chi connectivity index (χ1v) is 8.24. The minimum absolute atomic E-state index is 0.158. The number of hydrogen-bond acceptors (Lipinski definition) is 3. The molecule has 1 N–H and O–H groups in total. The number of hydrogen-bond donors (Lipinski definition) is 1. The Bertz CT molecular complexity index is 1040.